The van der Waals surface area contributed by atoms with Crippen LogP contribution in [0.1, 0.15) is 37.0 Å². The molecular formula is C16H22N2O4. The van der Waals surface area contributed by atoms with Gasteiger partial charge in [0.05, 0.1) is 6.42 Å². The van der Waals surface area contributed by atoms with Crippen LogP contribution in [0.4, 0.5) is 0 Å². The Hall–Kier alpha value is -2.37. The maximum Gasteiger partial charge on any atom is 0.305 e. The molecule has 0 fully saturated rings. The lowest BCUT2D eigenvalue weighted by atomic mass is 9.98. The summed E-state index contributed by atoms with van der Waals surface area (Å²) in [5.74, 6) is -1.72. The summed E-state index contributed by atoms with van der Waals surface area (Å²) >= 11 is 0. The Kier molecular flexibility index (Phi) is 7.08. The average molecular weight is 306 g/mol. The zero-order valence-electron chi connectivity index (χ0n) is 12.8. The number of hydrogen-bond acceptors (Lipinski definition) is 3. The SMILES string of the molecule is CCC(C)C(NC(=O)c1ccccc1)C(=O)NCCC(=O)O. The first-order chi connectivity index (χ1) is 10.5. The molecule has 0 aliphatic carbocycles. The number of amides is 2. The van der Waals surface area contributed by atoms with Gasteiger partial charge in [-0.25, -0.2) is 0 Å². The second kappa shape index (κ2) is 8.81. The minimum absolute atomic E-state index is 0.0440. The first-order valence-electron chi connectivity index (χ1n) is 7.31. The van der Waals surface area contributed by atoms with Crippen molar-refractivity contribution in [1.29, 1.82) is 0 Å². The zero-order chi connectivity index (χ0) is 16.5. The Morgan fingerprint density at radius 3 is 2.36 bits per heavy atom. The molecule has 22 heavy (non-hydrogen) atoms. The van der Waals surface area contributed by atoms with Crippen molar-refractivity contribution in [3.63, 3.8) is 0 Å². The minimum Gasteiger partial charge on any atom is -0.481 e. The van der Waals surface area contributed by atoms with Crippen molar-refractivity contribution in [2.75, 3.05) is 6.54 Å². The summed E-state index contributed by atoms with van der Waals surface area (Å²) in [7, 11) is 0. The number of hydrogen-bond donors (Lipinski definition) is 3. The van der Waals surface area contributed by atoms with Crippen LogP contribution in [-0.2, 0) is 9.59 Å². The number of rotatable bonds is 8. The van der Waals surface area contributed by atoms with Gasteiger partial charge >= 0.3 is 5.97 Å². The molecule has 120 valence electrons. The largest absolute Gasteiger partial charge is 0.481 e. The van der Waals surface area contributed by atoms with Gasteiger partial charge < -0.3 is 15.7 Å². The van der Waals surface area contributed by atoms with E-state index in [1.165, 1.54) is 0 Å². The molecule has 2 unspecified atom stereocenters. The lowest BCUT2D eigenvalue weighted by molar-refractivity contribution is -0.137. The van der Waals surface area contributed by atoms with Crippen molar-refractivity contribution in [1.82, 2.24) is 10.6 Å². The Morgan fingerprint density at radius 2 is 1.82 bits per heavy atom. The molecule has 0 aliphatic heterocycles. The topological polar surface area (TPSA) is 95.5 Å². The summed E-state index contributed by atoms with van der Waals surface area (Å²) in [5, 5.41) is 13.9. The van der Waals surface area contributed by atoms with Crippen LogP contribution in [0.2, 0.25) is 0 Å². The highest BCUT2D eigenvalue weighted by Crippen LogP contribution is 2.09. The van der Waals surface area contributed by atoms with E-state index in [4.69, 9.17) is 5.11 Å². The third-order valence-electron chi connectivity index (χ3n) is 3.46. The first kappa shape index (κ1) is 17.7. The van der Waals surface area contributed by atoms with E-state index in [-0.39, 0.29) is 30.7 Å². The number of carbonyl (C=O) groups excluding carboxylic acids is 2. The fourth-order valence-corrected chi connectivity index (χ4v) is 1.92. The van der Waals surface area contributed by atoms with Crippen LogP contribution in [0.15, 0.2) is 30.3 Å². The Bertz CT molecular complexity index is 516. The molecule has 6 nitrogen and oxygen atoms in total. The van der Waals surface area contributed by atoms with Gasteiger partial charge in [-0.1, -0.05) is 38.5 Å². The number of benzene rings is 1. The molecule has 0 heterocycles. The van der Waals surface area contributed by atoms with E-state index in [0.29, 0.717) is 12.0 Å². The third kappa shape index (κ3) is 5.55. The van der Waals surface area contributed by atoms with Crippen molar-refractivity contribution >= 4 is 17.8 Å². The molecule has 1 aromatic rings. The van der Waals surface area contributed by atoms with E-state index in [1.54, 1.807) is 24.3 Å². The van der Waals surface area contributed by atoms with E-state index < -0.39 is 12.0 Å². The summed E-state index contributed by atoms with van der Waals surface area (Å²) in [6.45, 7) is 3.84. The Balaban J connectivity index is 2.70. The third-order valence-corrected chi connectivity index (χ3v) is 3.46. The Morgan fingerprint density at radius 1 is 1.18 bits per heavy atom. The fourth-order valence-electron chi connectivity index (χ4n) is 1.92. The number of carboxylic acids is 1. The van der Waals surface area contributed by atoms with Gasteiger partial charge in [0, 0.05) is 12.1 Å². The molecular weight excluding hydrogens is 284 g/mol. The second-order valence-electron chi connectivity index (χ2n) is 5.14. The van der Waals surface area contributed by atoms with Crippen molar-refractivity contribution < 1.29 is 19.5 Å². The summed E-state index contributed by atoms with van der Waals surface area (Å²) in [6, 6.07) is 7.96. The monoisotopic (exact) mass is 306 g/mol. The number of aliphatic carboxylic acids is 1. The van der Waals surface area contributed by atoms with Crippen LogP contribution in [0.25, 0.3) is 0 Å². The molecule has 6 heteroatoms. The van der Waals surface area contributed by atoms with E-state index in [9.17, 15) is 14.4 Å². The normalized spacial score (nSPS) is 13.0. The summed E-state index contributed by atoms with van der Waals surface area (Å²) < 4.78 is 0. The number of carbonyl (C=O) groups is 3. The fraction of sp³-hybridized carbons (Fsp3) is 0.438. The maximum absolute atomic E-state index is 12.2. The predicted octanol–water partition coefficient (Wildman–Crippen LogP) is 1.42. The van der Waals surface area contributed by atoms with Gasteiger partial charge in [-0.2, -0.15) is 0 Å². The van der Waals surface area contributed by atoms with E-state index in [0.717, 1.165) is 0 Å². The predicted molar refractivity (Wildman–Crippen MR) is 82.4 cm³/mol. The first-order valence-corrected chi connectivity index (χ1v) is 7.31. The maximum atomic E-state index is 12.2. The van der Waals surface area contributed by atoms with Gasteiger partial charge in [0.25, 0.3) is 5.91 Å². The molecule has 0 saturated heterocycles. The standard InChI is InChI=1S/C16H22N2O4/c1-3-11(2)14(16(22)17-10-9-13(19)20)18-15(21)12-7-5-4-6-8-12/h4-8,11,14H,3,9-10H2,1-2H3,(H,17,22)(H,18,21)(H,19,20). The van der Waals surface area contributed by atoms with Gasteiger partial charge in [0.2, 0.25) is 5.91 Å². The highest BCUT2D eigenvalue weighted by Gasteiger charge is 2.26. The van der Waals surface area contributed by atoms with Gasteiger partial charge in [0.1, 0.15) is 6.04 Å². The van der Waals surface area contributed by atoms with Gasteiger partial charge in [-0.05, 0) is 18.1 Å². The second-order valence-corrected chi connectivity index (χ2v) is 5.14. The summed E-state index contributed by atoms with van der Waals surface area (Å²) in [5.41, 5.74) is 0.481. The minimum atomic E-state index is -0.978. The highest BCUT2D eigenvalue weighted by molar-refractivity contribution is 5.97. The Labute approximate surface area is 129 Å². The molecule has 2 atom stereocenters. The van der Waals surface area contributed by atoms with Crippen LogP contribution < -0.4 is 10.6 Å². The number of nitrogens with one attached hydrogen (secondary N) is 2. The van der Waals surface area contributed by atoms with Crippen molar-refractivity contribution in [2.24, 2.45) is 5.92 Å². The van der Waals surface area contributed by atoms with E-state index in [1.807, 2.05) is 19.9 Å². The van der Waals surface area contributed by atoms with Gasteiger partial charge in [-0.15, -0.1) is 0 Å². The van der Waals surface area contributed by atoms with Crippen LogP contribution in [0, 0.1) is 5.92 Å². The molecule has 0 radical (unpaired) electrons. The van der Waals surface area contributed by atoms with Crippen LogP contribution >= 0.6 is 0 Å². The molecule has 1 rings (SSSR count). The van der Waals surface area contributed by atoms with E-state index in [2.05, 4.69) is 10.6 Å². The molecule has 0 bridgehead atoms. The molecule has 3 N–H and O–H groups in total. The average Bonchev–Trinajstić information content (AvgIpc) is 2.51. The zero-order valence-corrected chi connectivity index (χ0v) is 12.8. The number of carboxylic acid groups (broad SMARTS) is 1. The van der Waals surface area contributed by atoms with Crippen molar-refractivity contribution in [3.05, 3.63) is 35.9 Å². The molecule has 0 saturated carbocycles. The van der Waals surface area contributed by atoms with Gasteiger partial charge in [-0.3, -0.25) is 14.4 Å². The lowest BCUT2D eigenvalue weighted by Gasteiger charge is -2.23. The lowest BCUT2D eigenvalue weighted by Crippen LogP contribution is -2.50. The smallest absolute Gasteiger partial charge is 0.305 e. The van der Waals surface area contributed by atoms with Gasteiger partial charge in [0.15, 0.2) is 0 Å². The molecule has 0 spiro atoms. The van der Waals surface area contributed by atoms with Crippen molar-refractivity contribution in [3.8, 4) is 0 Å². The van der Waals surface area contributed by atoms with Crippen LogP contribution in [0.3, 0.4) is 0 Å². The highest BCUT2D eigenvalue weighted by atomic mass is 16.4. The van der Waals surface area contributed by atoms with Crippen molar-refractivity contribution in [2.45, 2.75) is 32.7 Å². The van der Waals surface area contributed by atoms with Crippen LogP contribution in [-0.4, -0.2) is 35.5 Å². The molecule has 1 aromatic carbocycles. The summed E-state index contributed by atoms with van der Waals surface area (Å²) in [4.78, 5) is 34.8. The quantitative estimate of drug-likeness (QED) is 0.677. The molecule has 2 amide bonds. The van der Waals surface area contributed by atoms with Crippen LogP contribution in [0.5, 0.6) is 0 Å². The molecule has 0 aromatic heterocycles. The molecule has 0 aliphatic rings. The summed E-state index contributed by atoms with van der Waals surface area (Å²) in [6.07, 6.45) is 0.567. The van der Waals surface area contributed by atoms with E-state index >= 15 is 0 Å².